The second kappa shape index (κ2) is 6.41. The first-order chi connectivity index (χ1) is 8.45. The third-order valence-corrected chi connectivity index (χ3v) is 2.30. The molecule has 0 saturated heterocycles. The zero-order valence-electron chi connectivity index (χ0n) is 9.87. The van der Waals surface area contributed by atoms with Crippen LogP contribution in [0, 0.1) is 17.7 Å². The number of nitrogens with one attached hydrogen (secondary N) is 1. The molecule has 1 aromatic carbocycles. The number of hydrogen-bond donors (Lipinski definition) is 1. The van der Waals surface area contributed by atoms with E-state index < -0.39 is 17.6 Å². The Morgan fingerprint density at radius 1 is 1.28 bits per heavy atom. The van der Waals surface area contributed by atoms with Crippen LogP contribution in [0.25, 0.3) is 0 Å². The molecule has 0 fully saturated rings. The van der Waals surface area contributed by atoms with Gasteiger partial charge in [0, 0.05) is 19.5 Å². The minimum atomic E-state index is -4.54. The van der Waals surface area contributed by atoms with Crippen molar-refractivity contribution in [2.24, 2.45) is 0 Å². The highest BCUT2D eigenvalue weighted by molar-refractivity contribution is 5.30. The van der Waals surface area contributed by atoms with Crippen molar-refractivity contribution in [3.8, 4) is 11.8 Å². The second-order valence-electron chi connectivity index (χ2n) is 3.65. The van der Waals surface area contributed by atoms with Gasteiger partial charge in [0.15, 0.2) is 0 Å². The predicted molar refractivity (Wildman–Crippen MR) is 61.2 cm³/mol. The highest BCUT2D eigenvalue weighted by Gasteiger charge is 2.33. The Morgan fingerprint density at radius 3 is 2.61 bits per heavy atom. The molecule has 0 heterocycles. The number of benzene rings is 1. The van der Waals surface area contributed by atoms with Crippen molar-refractivity contribution in [2.75, 3.05) is 6.54 Å². The minimum absolute atomic E-state index is 0.0355. The third-order valence-electron chi connectivity index (χ3n) is 2.30. The van der Waals surface area contributed by atoms with E-state index in [1.54, 1.807) is 6.92 Å². The molecule has 0 aliphatic heterocycles. The number of halogens is 4. The Balaban J connectivity index is 2.72. The fourth-order valence-electron chi connectivity index (χ4n) is 1.47. The molecule has 1 aromatic rings. The first kappa shape index (κ1) is 14.5. The zero-order chi connectivity index (χ0) is 13.6. The van der Waals surface area contributed by atoms with Gasteiger partial charge < -0.3 is 5.32 Å². The molecule has 0 amide bonds. The summed E-state index contributed by atoms with van der Waals surface area (Å²) in [6.07, 6.45) is -3.97. The van der Waals surface area contributed by atoms with E-state index in [-0.39, 0.29) is 12.1 Å². The van der Waals surface area contributed by atoms with E-state index in [1.165, 1.54) is 0 Å². The van der Waals surface area contributed by atoms with Crippen LogP contribution >= 0.6 is 0 Å². The number of alkyl halides is 3. The highest BCUT2D eigenvalue weighted by atomic mass is 19.4. The Hall–Kier alpha value is -1.54. The summed E-state index contributed by atoms with van der Waals surface area (Å²) in [5.74, 6) is 4.60. The van der Waals surface area contributed by atoms with Gasteiger partial charge in [0.05, 0.1) is 5.56 Å². The van der Waals surface area contributed by atoms with Gasteiger partial charge >= 0.3 is 6.18 Å². The van der Waals surface area contributed by atoms with Crippen molar-refractivity contribution in [1.82, 2.24) is 5.32 Å². The molecule has 0 aromatic heterocycles. The zero-order valence-corrected chi connectivity index (χ0v) is 9.87. The fraction of sp³-hybridized carbons (Fsp3) is 0.385. The van der Waals surface area contributed by atoms with Crippen LogP contribution in [0.15, 0.2) is 18.2 Å². The topological polar surface area (TPSA) is 12.0 Å². The Morgan fingerprint density at radius 2 is 2.00 bits per heavy atom. The summed E-state index contributed by atoms with van der Waals surface area (Å²) < 4.78 is 50.8. The molecule has 98 valence electrons. The third kappa shape index (κ3) is 4.38. The van der Waals surface area contributed by atoms with Crippen molar-refractivity contribution in [3.05, 3.63) is 35.1 Å². The van der Waals surface area contributed by atoms with Gasteiger partial charge in [-0.15, -0.1) is 11.8 Å². The van der Waals surface area contributed by atoms with Crippen molar-refractivity contribution < 1.29 is 17.6 Å². The molecule has 0 aliphatic carbocycles. The Kier molecular flexibility index (Phi) is 5.17. The SMILES string of the molecule is CC#CCCNCc1ccc(F)cc1C(F)(F)F. The van der Waals surface area contributed by atoms with Crippen molar-refractivity contribution in [2.45, 2.75) is 26.1 Å². The smallest absolute Gasteiger partial charge is 0.312 e. The van der Waals surface area contributed by atoms with Crippen molar-refractivity contribution >= 4 is 0 Å². The molecule has 1 rings (SSSR count). The lowest BCUT2D eigenvalue weighted by Crippen LogP contribution is -2.18. The summed E-state index contributed by atoms with van der Waals surface area (Å²) in [6.45, 7) is 2.23. The van der Waals surface area contributed by atoms with Crippen molar-refractivity contribution in [1.29, 1.82) is 0 Å². The largest absolute Gasteiger partial charge is 0.416 e. The molecule has 0 saturated carbocycles. The monoisotopic (exact) mass is 259 g/mol. The molecule has 5 heteroatoms. The lowest BCUT2D eigenvalue weighted by Gasteiger charge is -2.13. The molecule has 0 bridgehead atoms. The molecule has 0 atom stereocenters. The number of rotatable bonds is 4. The van der Waals surface area contributed by atoms with E-state index in [9.17, 15) is 17.6 Å². The Labute approximate surface area is 103 Å². The molecular formula is C13H13F4N. The van der Waals surface area contributed by atoms with Gasteiger partial charge in [0.1, 0.15) is 5.82 Å². The summed E-state index contributed by atoms with van der Waals surface area (Å²) in [4.78, 5) is 0. The van der Waals surface area contributed by atoms with Crippen LogP contribution in [0.1, 0.15) is 24.5 Å². The van der Waals surface area contributed by atoms with Crippen LogP contribution in [0.5, 0.6) is 0 Å². The molecular weight excluding hydrogens is 246 g/mol. The van der Waals surface area contributed by atoms with E-state index in [0.717, 1.165) is 12.1 Å². The van der Waals surface area contributed by atoms with Gasteiger partial charge in [0.25, 0.3) is 0 Å². The molecule has 0 unspecified atom stereocenters. The van der Waals surface area contributed by atoms with E-state index in [2.05, 4.69) is 17.2 Å². The van der Waals surface area contributed by atoms with Gasteiger partial charge in [-0.25, -0.2) is 4.39 Å². The van der Waals surface area contributed by atoms with Gasteiger partial charge in [0.2, 0.25) is 0 Å². The summed E-state index contributed by atoms with van der Waals surface area (Å²) >= 11 is 0. The van der Waals surface area contributed by atoms with Gasteiger partial charge in [-0.2, -0.15) is 13.2 Å². The number of hydrogen-bond acceptors (Lipinski definition) is 1. The Bertz CT molecular complexity index is 454. The second-order valence-corrected chi connectivity index (χ2v) is 3.65. The molecule has 0 radical (unpaired) electrons. The van der Waals surface area contributed by atoms with Crippen LogP contribution in [0.3, 0.4) is 0 Å². The van der Waals surface area contributed by atoms with Crippen LogP contribution < -0.4 is 5.32 Å². The molecule has 1 N–H and O–H groups in total. The lowest BCUT2D eigenvalue weighted by atomic mass is 10.1. The average molecular weight is 259 g/mol. The van der Waals surface area contributed by atoms with Crippen LogP contribution in [-0.4, -0.2) is 6.54 Å². The summed E-state index contributed by atoms with van der Waals surface area (Å²) in [5, 5.41) is 2.84. The molecule has 0 aliphatic rings. The minimum Gasteiger partial charge on any atom is -0.312 e. The first-order valence-corrected chi connectivity index (χ1v) is 5.41. The normalized spacial score (nSPS) is 10.9. The van der Waals surface area contributed by atoms with E-state index in [0.29, 0.717) is 19.0 Å². The van der Waals surface area contributed by atoms with E-state index >= 15 is 0 Å². The van der Waals surface area contributed by atoms with Gasteiger partial charge in [-0.05, 0) is 24.6 Å². The first-order valence-electron chi connectivity index (χ1n) is 5.41. The van der Waals surface area contributed by atoms with Crippen LogP contribution in [0.4, 0.5) is 17.6 Å². The highest BCUT2D eigenvalue weighted by Crippen LogP contribution is 2.32. The van der Waals surface area contributed by atoms with Gasteiger partial charge in [-0.1, -0.05) is 6.07 Å². The van der Waals surface area contributed by atoms with Crippen LogP contribution in [0.2, 0.25) is 0 Å². The fourth-order valence-corrected chi connectivity index (χ4v) is 1.47. The summed E-state index contributed by atoms with van der Waals surface area (Å²) in [6, 6.07) is 2.69. The average Bonchev–Trinajstić information content (AvgIpc) is 2.29. The maximum Gasteiger partial charge on any atom is 0.416 e. The van der Waals surface area contributed by atoms with Gasteiger partial charge in [-0.3, -0.25) is 0 Å². The van der Waals surface area contributed by atoms with E-state index in [1.807, 2.05) is 0 Å². The summed E-state index contributed by atoms with van der Waals surface area (Å²) in [5.41, 5.74) is -0.898. The molecule has 18 heavy (non-hydrogen) atoms. The van der Waals surface area contributed by atoms with Crippen LogP contribution in [-0.2, 0) is 12.7 Å². The maximum atomic E-state index is 12.8. The predicted octanol–water partition coefficient (Wildman–Crippen LogP) is 3.35. The quantitative estimate of drug-likeness (QED) is 0.497. The maximum absolute atomic E-state index is 12.8. The molecule has 1 nitrogen and oxygen atoms in total. The molecule has 0 spiro atoms. The van der Waals surface area contributed by atoms with E-state index in [4.69, 9.17) is 0 Å². The summed E-state index contributed by atoms with van der Waals surface area (Å²) in [7, 11) is 0. The lowest BCUT2D eigenvalue weighted by molar-refractivity contribution is -0.138. The standard InChI is InChI=1S/C13H13F4N/c1-2-3-4-7-18-9-10-5-6-11(14)8-12(10)13(15,16)17/h5-6,8,18H,4,7,9H2,1H3. The van der Waals surface area contributed by atoms with Crippen molar-refractivity contribution in [3.63, 3.8) is 0 Å².